The van der Waals surface area contributed by atoms with Crippen molar-refractivity contribution in [1.29, 1.82) is 0 Å². The normalized spacial score (nSPS) is 11.2. The van der Waals surface area contributed by atoms with Crippen molar-refractivity contribution in [2.24, 2.45) is 10.7 Å². The summed E-state index contributed by atoms with van der Waals surface area (Å²) < 4.78 is 0. The molecule has 0 aliphatic heterocycles. The molecule has 0 aliphatic carbocycles. The Morgan fingerprint density at radius 3 is 2.69 bits per heavy atom. The molecule has 2 heteroatoms. The fraction of sp³-hybridized carbons (Fsp3) is 0.182. The Morgan fingerprint density at radius 1 is 1.38 bits per heavy atom. The van der Waals surface area contributed by atoms with Crippen LogP contribution in [0.5, 0.6) is 0 Å². The summed E-state index contributed by atoms with van der Waals surface area (Å²) in [5.74, 6) is 0.658. The summed E-state index contributed by atoms with van der Waals surface area (Å²) in [5, 5.41) is 0. The number of benzene rings is 1. The minimum Gasteiger partial charge on any atom is -0.387 e. The van der Waals surface area contributed by atoms with E-state index in [4.69, 9.17) is 5.73 Å². The first-order valence-electron chi connectivity index (χ1n) is 4.26. The van der Waals surface area contributed by atoms with Crippen LogP contribution in [-0.2, 0) is 6.42 Å². The van der Waals surface area contributed by atoms with E-state index in [0.29, 0.717) is 18.8 Å². The van der Waals surface area contributed by atoms with Gasteiger partial charge in [0.05, 0.1) is 12.4 Å². The summed E-state index contributed by atoms with van der Waals surface area (Å²) >= 11 is 0. The van der Waals surface area contributed by atoms with E-state index >= 15 is 0 Å². The highest BCUT2D eigenvalue weighted by Gasteiger charge is 1.93. The molecule has 0 saturated heterocycles. The van der Waals surface area contributed by atoms with Crippen LogP contribution in [0.25, 0.3) is 0 Å². The lowest BCUT2D eigenvalue weighted by Crippen LogP contribution is -2.15. The largest absolute Gasteiger partial charge is 0.387 e. The zero-order valence-electron chi connectivity index (χ0n) is 7.61. The van der Waals surface area contributed by atoms with Gasteiger partial charge in [0.15, 0.2) is 0 Å². The van der Waals surface area contributed by atoms with E-state index in [-0.39, 0.29) is 0 Å². The number of rotatable bonds is 4. The zero-order valence-corrected chi connectivity index (χ0v) is 7.61. The molecule has 0 heterocycles. The highest BCUT2D eigenvalue weighted by molar-refractivity contribution is 5.82. The average molecular weight is 174 g/mol. The van der Waals surface area contributed by atoms with Gasteiger partial charge in [0.1, 0.15) is 0 Å². The van der Waals surface area contributed by atoms with E-state index < -0.39 is 0 Å². The summed E-state index contributed by atoms with van der Waals surface area (Å²) in [6, 6.07) is 10.1. The second kappa shape index (κ2) is 5.14. The van der Waals surface area contributed by atoms with Crippen LogP contribution in [0.2, 0.25) is 0 Å². The van der Waals surface area contributed by atoms with Crippen molar-refractivity contribution in [3.63, 3.8) is 0 Å². The molecule has 0 unspecified atom stereocenters. The Balaban J connectivity index is 2.54. The molecule has 0 spiro atoms. The summed E-state index contributed by atoms with van der Waals surface area (Å²) in [7, 11) is 0. The van der Waals surface area contributed by atoms with E-state index in [1.54, 1.807) is 6.08 Å². The number of aliphatic imine (C=N–C) groups is 1. The van der Waals surface area contributed by atoms with Crippen molar-refractivity contribution in [3.05, 3.63) is 48.6 Å². The molecule has 1 aromatic rings. The summed E-state index contributed by atoms with van der Waals surface area (Å²) in [6.07, 6.45) is 2.45. The quantitative estimate of drug-likeness (QED) is 0.421. The van der Waals surface area contributed by atoms with Crippen LogP contribution in [0.1, 0.15) is 5.56 Å². The fourth-order valence-electron chi connectivity index (χ4n) is 1.04. The van der Waals surface area contributed by atoms with E-state index in [1.807, 2.05) is 30.3 Å². The first kappa shape index (κ1) is 9.52. The molecule has 0 bridgehead atoms. The molecule has 0 aromatic heterocycles. The Labute approximate surface area is 78.8 Å². The van der Waals surface area contributed by atoms with Crippen molar-refractivity contribution in [2.75, 3.05) is 6.54 Å². The standard InChI is InChI=1S/C11H14N2/c1-2-8-13-11(12)9-10-6-4-3-5-7-10/h2-7H,1,8-9H2,(H2,12,13). The first-order valence-corrected chi connectivity index (χ1v) is 4.26. The molecule has 2 N–H and O–H groups in total. The van der Waals surface area contributed by atoms with Crippen LogP contribution >= 0.6 is 0 Å². The van der Waals surface area contributed by atoms with Crippen molar-refractivity contribution in [1.82, 2.24) is 0 Å². The lowest BCUT2D eigenvalue weighted by Gasteiger charge is -1.99. The second-order valence-electron chi connectivity index (χ2n) is 2.78. The summed E-state index contributed by atoms with van der Waals surface area (Å²) in [5.41, 5.74) is 6.88. The third-order valence-electron chi connectivity index (χ3n) is 1.65. The van der Waals surface area contributed by atoms with Gasteiger partial charge in [-0.05, 0) is 5.56 Å². The van der Waals surface area contributed by atoms with E-state index in [2.05, 4.69) is 11.6 Å². The maximum Gasteiger partial charge on any atom is 0.0985 e. The minimum absolute atomic E-state index is 0.596. The number of amidine groups is 1. The van der Waals surface area contributed by atoms with Crippen molar-refractivity contribution >= 4 is 5.84 Å². The third-order valence-corrected chi connectivity index (χ3v) is 1.65. The predicted octanol–water partition coefficient (Wildman–Crippen LogP) is 1.77. The smallest absolute Gasteiger partial charge is 0.0985 e. The zero-order chi connectivity index (χ0) is 9.52. The van der Waals surface area contributed by atoms with Crippen LogP contribution in [0.3, 0.4) is 0 Å². The first-order chi connectivity index (χ1) is 6.33. The molecule has 0 fully saturated rings. The van der Waals surface area contributed by atoms with Gasteiger partial charge in [-0.15, -0.1) is 6.58 Å². The molecule has 13 heavy (non-hydrogen) atoms. The molecule has 0 aliphatic rings. The number of hydrogen-bond acceptors (Lipinski definition) is 1. The van der Waals surface area contributed by atoms with Crippen LogP contribution in [0.15, 0.2) is 48.0 Å². The van der Waals surface area contributed by atoms with Gasteiger partial charge in [0, 0.05) is 6.42 Å². The van der Waals surface area contributed by atoms with Gasteiger partial charge in [-0.1, -0.05) is 36.4 Å². The average Bonchev–Trinajstić information content (AvgIpc) is 2.16. The van der Waals surface area contributed by atoms with Crippen molar-refractivity contribution in [2.45, 2.75) is 6.42 Å². The Hall–Kier alpha value is -1.57. The van der Waals surface area contributed by atoms with E-state index in [1.165, 1.54) is 5.56 Å². The second-order valence-corrected chi connectivity index (χ2v) is 2.78. The van der Waals surface area contributed by atoms with Crippen LogP contribution in [-0.4, -0.2) is 12.4 Å². The minimum atomic E-state index is 0.596. The van der Waals surface area contributed by atoms with E-state index in [0.717, 1.165) is 0 Å². The van der Waals surface area contributed by atoms with Crippen LogP contribution in [0, 0.1) is 0 Å². The van der Waals surface area contributed by atoms with Crippen molar-refractivity contribution in [3.8, 4) is 0 Å². The van der Waals surface area contributed by atoms with Crippen molar-refractivity contribution < 1.29 is 0 Å². The molecule has 2 nitrogen and oxygen atoms in total. The molecule has 68 valence electrons. The Bertz CT molecular complexity index is 288. The predicted molar refractivity (Wildman–Crippen MR) is 56.8 cm³/mol. The lowest BCUT2D eigenvalue weighted by atomic mass is 10.1. The van der Waals surface area contributed by atoms with Gasteiger partial charge in [-0.25, -0.2) is 0 Å². The SMILES string of the molecule is C=CCN=C(N)Cc1ccccc1. The summed E-state index contributed by atoms with van der Waals surface area (Å²) in [6.45, 7) is 4.17. The maximum absolute atomic E-state index is 5.69. The highest BCUT2D eigenvalue weighted by Crippen LogP contribution is 1.98. The molecule has 0 atom stereocenters. The number of nitrogens with zero attached hydrogens (tertiary/aromatic N) is 1. The van der Waals surface area contributed by atoms with Gasteiger partial charge in [-0.2, -0.15) is 0 Å². The van der Waals surface area contributed by atoms with Gasteiger partial charge < -0.3 is 5.73 Å². The highest BCUT2D eigenvalue weighted by atomic mass is 14.8. The molecule has 1 rings (SSSR count). The molecule has 1 aromatic carbocycles. The summed E-state index contributed by atoms with van der Waals surface area (Å²) in [4.78, 5) is 4.11. The topological polar surface area (TPSA) is 38.4 Å². The monoisotopic (exact) mass is 174 g/mol. The number of hydrogen-bond donors (Lipinski definition) is 1. The molecule has 0 radical (unpaired) electrons. The molecule has 0 saturated carbocycles. The number of nitrogens with two attached hydrogens (primary N) is 1. The molecular weight excluding hydrogens is 160 g/mol. The van der Waals surface area contributed by atoms with Gasteiger partial charge in [-0.3, -0.25) is 4.99 Å². The Kier molecular flexibility index (Phi) is 3.76. The molecular formula is C11H14N2. The maximum atomic E-state index is 5.69. The lowest BCUT2D eigenvalue weighted by molar-refractivity contribution is 1.18. The van der Waals surface area contributed by atoms with Gasteiger partial charge in [0.2, 0.25) is 0 Å². The van der Waals surface area contributed by atoms with Gasteiger partial charge in [0.25, 0.3) is 0 Å². The van der Waals surface area contributed by atoms with Crippen LogP contribution in [0.4, 0.5) is 0 Å². The third kappa shape index (κ3) is 3.56. The Morgan fingerprint density at radius 2 is 2.08 bits per heavy atom. The van der Waals surface area contributed by atoms with E-state index in [9.17, 15) is 0 Å². The fourth-order valence-corrected chi connectivity index (χ4v) is 1.04. The van der Waals surface area contributed by atoms with Crippen LogP contribution < -0.4 is 5.73 Å². The van der Waals surface area contributed by atoms with Gasteiger partial charge >= 0.3 is 0 Å². The molecule has 0 amide bonds.